The average Bonchev–Trinajstić information content (AvgIpc) is 2.94. The number of anilines is 1. The first-order valence-electron chi connectivity index (χ1n) is 7.12. The quantitative estimate of drug-likeness (QED) is 0.675. The molecule has 1 fully saturated rings. The number of benzene rings is 1. The number of fused-ring (bicyclic) bond motifs is 1. The normalized spacial score (nSPS) is 16.8. The summed E-state index contributed by atoms with van der Waals surface area (Å²) in [6, 6.07) is 4.99. The molecule has 7 nitrogen and oxygen atoms in total. The lowest BCUT2D eigenvalue weighted by Gasteiger charge is -2.22. The molecule has 1 aromatic carbocycles. The highest BCUT2D eigenvalue weighted by molar-refractivity contribution is 5.99. The van der Waals surface area contributed by atoms with Gasteiger partial charge in [-0.3, -0.25) is 15.1 Å². The fourth-order valence-electron chi connectivity index (χ4n) is 2.61. The Kier molecular flexibility index (Phi) is 3.91. The summed E-state index contributed by atoms with van der Waals surface area (Å²) in [5.41, 5.74) is 0.896. The van der Waals surface area contributed by atoms with Crippen molar-refractivity contribution in [3.05, 3.63) is 40.7 Å². The summed E-state index contributed by atoms with van der Waals surface area (Å²) in [7, 11) is 0. The molecule has 1 aromatic heterocycles. The van der Waals surface area contributed by atoms with Crippen LogP contribution >= 0.6 is 0 Å². The minimum atomic E-state index is -0.550. The fourth-order valence-corrected chi connectivity index (χ4v) is 2.61. The van der Waals surface area contributed by atoms with Gasteiger partial charge in [-0.2, -0.15) is 0 Å². The SMILES string of the molecule is CC1(CCNc2ccc([N+](=O)[O-])c3cnccc23)OCCO1. The van der Waals surface area contributed by atoms with Crippen LogP contribution in [0.5, 0.6) is 0 Å². The van der Waals surface area contributed by atoms with E-state index in [1.807, 2.05) is 6.92 Å². The van der Waals surface area contributed by atoms with E-state index in [0.717, 1.165) is 11.1 Å². The van der Waals surface area contributed by atoms with Gasteiger partial charge in [0.2, 0.25) is 0 Å². The molecule has 0 bridgehead atoms. The maximum Gasteiger partial charge on any atom is 0.278 e. The van der Waals surface area contributed by atoms with Crippen molar-refractivity contribution < 1.29 is 14.4 Å². The number of aromatic nitrogens is 1. The highest BCUT2D eigenvalue weighted by Crippen LogP contribution is 2.31. The maximum absolute atomic E-state index is 11.1. The molecule has 0 spiro atoms. The summed E-state index contributed by atoms with van der Waals surface area (Å²) in [5.74, 6) is -0.550. The number of ether oxygens (including phenoxy) is 2. The van der Waals surface area contributed by atoms with Gasteiger partial charge in [0, 0.05) is 42.5 Å². The van der Waals surface area contributed by atoms with Crippen molar-refractivity contribution in [2.45, 2.75) is 19.1 Å². The van der Waals surface area contributed by atoms with Gasteiger partial charge in [-0.25, -0.2) is 0 Å². The Bertz CT molecular complexity index is 698. The van der Waals surface area contributed by atoms with Crippen LogP contribution in [0.25, 0.3) is 10.8 Å². The summed E-state index contributed by atoms with van der Waals surface area (Å²) < 4.78 is 11.1. The molecule has 0 aliphatic carbocycles. The molecule has 0 amide bonds. The van der Waals surface area contributed by atoms with Gasteiger partial charge >= 0.3 is 0 Å². The van der Waals surface area contributed by atoms with Gasteiger partial charge < -0.3 is 14.8 Å². The van der Waals surface area contributed by atoms with Crippen molar-refractivity contribution in [2.75, 3.05) is 25.1 Å². The molecule has 0 unspecified atom stereocenters. The van der Waals surface area contributed by atoms with Crippen LogP contribution in [0.1, 0.15) is 13.3 Å². The summed E-state index contributed by atoms with van der Waals surface area (Å²) in [5, 5.41) is 15.7. The predicted octanol–water partition coefficient (Wildman–Crippen LogP) is 2.71. The van der Waals surface area contributed by atoms with Gasteiger partial charge in [0.25, 0.3) is 5.69 Å². The molecule has 1 saturated heterocycles. The number of non-ortho nitro benzene ring substituents is 1. The Hall–Kier alpha value is -2.25. The first kappa shape index (κ1) is 14.7. The smallest absolute Gasteiger partial charge is 0.278 e. The zero-order chi connectivity index (χ0) is 15.6. The standard InChI is InChI=1S/C15H17N3O4/c1-15(21-8-9-22-15)5-7-17-13-2-3-14(18(19)20)12-10-16-6-4-11(12)13/h2-4,6,10,17H,5,7-9H2,1H3. The molecular formula is C15H17N3O4. The lowest BCUT2D eigenvalue weighted by molar-refractivity contribution is -0.383. The van der Waals surface area contributed by atoms with Crippen LogP contribution < -0.4 is 5.32 Å². The molecular weight excluding hydrogens is 286 g/mol. The van der Waals surface area contributed by atoms with Gasteiger partial charge in [-0.1, -0.05) is 0 Å². The number of rotatable bonds is 5. The number of hydrogen-bond acceptors (Lipinski definition) is 6. The number of nitrogens with one attached hydrogen (secondary N) is 1. The molecule has 0 radical (unpaired) electrons. The van der Waals surface area contributed by atoms with E-state index in [4.69, 9.17) is 9.47 Å². The van der Waals surface area contributed by atoms with Crippen LogP contribution in [-0.2, 0) is 9.47 Å². The molecule has 2 heterocycles. The monoisotopic (exact) mass is 303 g/mol. The Labute approximate surface area is 127 Å². The third-order valence-electron chi connectivity index (χ3n) is 3.78. The highest BCUT2D eigenvalue weighted by atomic mass is 16.7. The number of nitro groups is 1. The van der Waals surface area contributed by atoms with Crippen LogP contribution in [-0.4, -0.2) is 35.5 Å². The molecule has 2 aromatic rings. The van der Waals surface area contributed by atoms with Crippen molar-refractivity contribution >= 4 is 22.1 Å². The Morgan fingerprint density at radius 1 is 1.32 bits per heavy atom. The summed E-state index contributed by atoms with van der Waals surface area (Å²) in [6.07, 6.45) is 3.83. The largest absolute Gasteiger partial charge is 0.384 e. The van der Waals surface area contributed by atoms with Crippen molar-refractivity contribution in [3.8, 4) is 0 Å². The van der Waals surface area contributed by atoms with E-state index in [1.54, 1.807) is 18.3 Å². The van der Waals surface area contributed by atoms with Crippen molar-refractivity contribution in [2.24, 2.45) is 0 Å². The second kappa shape index (κ2) is 5.86. The van der Waals surface area contributed by atoms with Crippen LogP contribution in [0.4, 0.5) is 11.4 Å². The van der Waals surface area contributed by atoms with Crippen LogP contribution in [0.15, 0.2) is 30.6 Å². The van der Waals surface area contributed by atoms with Crippen LogP contribution in [0.2, 0.25) is 0 Å². The molecule has 0 saturated carbocycles. The van der Waals surface area contributed by atoms with Gasteiger partial charge in [-0.05, 0) is 19.1 Å². The molecule has 1 aliphatic heterocycles. The van der Waals surface area contributed by atoms with Gasteiger partial charge in [0.15, 0.2) is 5.79 Å². The van der Waals surface area contributed by atoms with E-state index < -0.39 is 10.7 Å². The Balaban J connectivity index is 1.79. The number of nitrogens with zero attached hydrogens (tertiary/aromatic N) is 2. The van der Waals surface area contributed by atoms with E-state index in [1.165, 1.54) is 12.3 Å². The van der Waals surface area contributed by atoms with Crippen molar-refractivity contribution in [1.82, 2.24) is 4.98 Å². The number of hydrogen-bond donors (Lipinski definition) is 1. The second-order valence-electron chi connectivity index (χ2n) is 5.32. The average molecular weight is 303 g/mol. The van der Waals surface area contributed by atoms with Crippen LogP contribution in [0.3, 0.4) is 0 Å². The minimum Gasteiger partial charge on any atom is -0.384 e. The van der Waals surface area contributed by atoms with Gasteiger partial charge in [-0.15, -0.1) is 0 Å². The maximum atomic E-state index is 11.1. The molecule has 1 N–H and O–H groups in total. The summed E-state index contributed by atoms with van der Waals surface area (Å²) in [6.45, 7) is 3.79. The highest BCUT2D eigenvalue weighted by Gasteiger charge is 2.30. The first-order chi connectivity index (χ1) is 10.6. The van der Waals surface area contributed by atoms with Gasteiger partial charge in [0.05, 0.1) is 23.5 Å². The second-order valence-corrected chi connectivity index (χ2v) is 5.32. The molecule has 3 rings (SSSR count). The van der Waals surface area contributed by atoms with Crippen molar-refractivity contribution in [3.63, 3.8) is 0 Å². The Morgan fingerprint density at radius 3 is 2.82 bits per heavy atom. The third-order valence-corrected chi connectivity index (χ3v) is 3.78. The first-order valence-corrected chi connectivity index (χ1v) is 7.12. The third kappa shape index (κ3) is 2.86. The zero-order valence-corrected chi connectivity index (χ0v) is 12.2. The molecule has 1 aliphatic rings. The molecule has 22 heavy (non-hydrogen) atoms. The lowest BCUT2D eigenvalue weighted by atomic mass is 10.1. The molecule has 7 heteroatoms. The zero-order valence-electron chi connectivity index (χ0n) is 12.2. The lowest BCUT2D eigenvalue weighted by Crippen LogP contribution is -2.28. The fraction of sp³-hybridized carbons (Fsp3) is 0.400. The summed E-state index contributed by atoms with van der Waals surface area (Å²) in [4.78, 5) is 14.7. The van der Waals surface area contributed by atoms with E-state index in [2.05, 4.69) is 10.3 Å². The van der Waals surface area contributed by atoms with E-state index in [9.17, 15) is 10.1 Å². The summed E-state index contributed by atoms with van der Waals surface area (Å²) >= 11 is 0. The number of nitro benzene ring substituents is 1. The minimum absolute atomic E-state index is 0.0584. The van der Waals surface area contributed by atoms with E-state index in [-0.39, 0.29) is 5.69 Å². The molecule has 116 valence electrons. The topological polar surface area (TPSA) is 86.5 Å². The van der Waals surface area contributed by atoms with E-state index in [0.29, 0.717) is 31.6 Å². The van der Waals surface area contributed by atoms with E-state index >= 15 is 0 Å². The van der Waals surface area contributed by atoms with Crippen LogP contribution in [0, 0.1) is 10.1 Å². The van der Waals surface area contributed by atoms with Crippen molar-refractivity contribution in [1.29, 1.82) is 0 Å². The predicted molar refractivity (Wildman–Crippen MR) is 81.8 cm³/mol. The van der Waals surface area contributed by atoms with Gasteiger partial charge in [0.1, 0.15) is 0 Å². The Morgan fingerprint density at radius 2 is 2.09 bits per heavy atom. The number of pyridine rings is 1. The molecule has 0 atom stereocenters.